The lowest BCUT2D eigenvalue weighted by Gasteiger charge is -2.06. The second-order valence-corrected chi connectivity index (χ2v) is 6.15. The fraction of sp³-hybridized carbons (Fsp3) is 0.125. The minimum Gasteiger partial charge on any atom is -0.352 e. The molecule has 122 valence electrons. The Hall–Kier alpha value is -2.51. The largest absolute Gasteiger partial charge is 0.352 e. The molecule has 0 radical (unpaired) electrons. The van der Waals surface area contributed by atoms with E-state index in [4.69, 9.17) is 11.6 Å². The number of nitrogens with zero attached hydrogens (tertiary/aromatic N) is 3. The molecule has 3 aromatic rings. The van der Waals surface area contributed by atoms with Gasteiger partial charge in [0, 0.05) is 29.3 Å². The van der Waals surface area contributed by atoms with Gasteiger partial charge in [0.25, 0.3) is 0 Å². The number of hydrogen-bond donors (Lipinski definition) is 2. The van der Waals surface area contributed by atoms with Gasteiger partial charge in [-0.05, 0) is 17.7 Å². The van der Waals surface area contributed by atoms with Crippen LogP contribution in [0.1, 0.15) is 11.3 Å². The van der Waals surface area contributed by atoms with Crippen LogP contribution in [0.4, 0.5) is 11.1 Å². The van der Waals surface area contributed by atoms with Crippen LogP contribution in [0.25, 0.3) is 0 Å². The maximum atomic E-state index is 12.0. The van der Waals surface area contributed by atoms with Gasteiger partial charge in [0.1, 0.15) is 0 Å². The van der Waals surface area contributed by atoms with Gasteiger partial charge in [-0.15, -0.1) is 11.3 Å². The van der Waals surface area contributed by atoms with Crippen LogP contribution in [0.5, 0.6) is 0 Å². The van der Waals surface area contributed by atoms with Gasteiger partial charge in [-0.3, -0.25) is 4.79 Å². The van der Waals surface area contributed by atoms with E-state index in [0.29, 0.717) is 28.3 Å². The lowest BCUT2D eigenvalue weighted by atomic mass is 10.2. The Bertz CT molecular complexity index is 824. The highest BCUT2D eigenvalue weighted by Gasteiger charge is 2.09. The molecule has 2 heterocycles. The standard InChI is InChI=1S/C16H14ClN5OS/c17-13-5-2-1-4-11(13)9-20-14(23)8-12-10-24-16(21-12)22-15-18-6-3-7-19-15/h1-7,10H,8-9H2,(H,20,23)(H,18,19,21,22). The molecule has 24 heavy (non-hydrogen) atoms. The number of halogens is 1. The highest BCUT2D eigenvalue weighted by molar-refractivity contribution is 7.13. The minimum atomic E-state index is -0.109. The van der Waals surface area contributed by atoms with Gasteiger partial charge in [0.15, 0.2) is 5.13 Å². The van der Waals surface area contributed by atoms with Crippen molar-refractivity contribution in [3.05, 3.63) is 64.4 Å². The van der Waals surface area contributed by atoms with Crippen LogP contribution in [0.2, 0.25) is 5.02 Å². The monoisotopic (exact) mass is 359 g/mol. The first-order chi connectivity index (χ1) is 11.7. The summed E-state index contributed by atoms with van der Waals surface area (Å²) >= 11 is 7.47. The molecule has 0 saturated heterocycles. The quantitative estimate of drug-likeness (QED) is 0.706. The molecule has 0 aliphatic heterocycles. The van der Waals surface area contributed by atoms with E-state index in [-0.39, 0.29) is 12.3 Å². The number of benzene rings is 1. The van der Waals surface area contributed by atoms with Gasteiger partial charge in [0.05, 0.1) is 12.1 Å². The third-order valence-electron chi connectivity index (χ3n) is 3.11. The Labute approximate surface area is 148 Å². The number of aromatic nitrogens is 3. The van der Waals surface area contributed by atoms with Crippen molar-refractivity contribution < 1.29 is 4.79 Å². The van der Waals surface area contributed by atoms with Crippen molar-refractivity contribution in [1.82, 2.24) is 20.3 Å². The SMILES string of the molecule is O=C(Cc1csc(Nc2ncccn2)n1)NCc1ccccc1Cl. The van der Waals surface area contributed by atoms with Crippen LogP contribution in [0.15, 0.2) is 48.1 Å². The molecule has 3 rings (SSSR count). The second-order valence-electron chi connectivity index (χ2n) is 4.89. The number of nitrogens with one attached hydrogen (secondary N) is 2. The number of hydrogen-bond acceptors (Lipinski definition) is 6. The smallest absolute Gasteiger partial charge is 0.228 e. The average Bonchev–Trinajstić information content (AvgIpc) is 3.02. The molecule has 2 N–H and O–H groups in total. The molecule has 0 fully saturated rings. The Morgan fingerprint density at radius 3 is 2.75 bits per heavy atom. The topological polar surface area (TPSA) is 79.8 Å². The van der Waals surface area contributed by atoms with Crippen LogP contribution < -0.4 is 10.6 Å². The van der Waals surface area contributed by atoms with Gasteiger partial charge in [0.2, 0.25) is 11.9 Å². The number of thiazole rings is 1. The third kappa shape index (κ3) is 4.50. The minimum absolute atomic E-state index is 0.109. The van der Waals surface area contributed by atoms with Gasteiger partial charge in [-0.25, -0.2) is 15.0 Å². The summed E-state index contributed by atoms with van der Waals surface area (Å²) in [5, 5.41) is 8.96. The average molecular weight is 360 g/mol. The number of carbonyl (C=O) groups excluding carboxylic acids is 1. The van der Waals surface area contributed by atoms with Gasteiger partial charge >= 0.3 is 0 Å². The number of anilines is 2. The third-order valence-corrected chi connectivity index (χ3v) is 4.29. The summed E-state index contributed by atoms with van der Waals surface area (Å²) in [4.78, 5) is 24.5. The first-order valence-corrected chi connectivity index (χ1v) is 8.45. The predicted octanol–water partition coefficient (Wildman–Crippen LogP) is 3.19. The molecule has 6 nitrogen and oxygen atoms in total. The van der Waals surface area contributed by atoms with E-state index in [1.807, 2.05) is 23.6 Å². The maximum absolute atomic E-state index is 12.0. The molecule has 0 bridgehead atoms. The molecule has 1 amide bonds. The fourth-order valence-corrected chi connectivity index (χ4v) is 2.87. The van der Waals surface area contributed by atoms with Crippen molar-refractivity contribution in [2.45, 2.75) is 13.0 Å². The molecule has 0 unspecified atom stereocenters. The number of rotatable bonds is 6. The van der Waals surface area contributed by atoms with E-state index in [1.165, 1.54) is 11.3 Å². The van der Waals surface area contributed by atoms with Crippen LogP contribution in [-0.2, 0) is 17.8 Å². The summed E-state index contributed by atoms with van der Waals surface area (Å²) in [6.45, 7) is 0.394. The molecule has 0 atom stereocenters. The predicted molar refractivity (Wildman–Crippen MR) is 94.4 cm³/mol. The summed E-state index contributed by atoms with van der Waals surface area (Å²) in [6, 6.07) is 9.16. The summed E-state index contributed by atoms with van der Waals surface area (Å²) in [5.74, 6) is 0.365. The molecule has 0 spiro atoms. The second kappa shape index (κ2) is 7.85. The zero-order valence-electron chi connectivity index (χ0n) is 12.6. The fourth-order valence-electron chi connectivity index (χ4n) is 1.97. The molecule has 8 heteroatoms. The summed E-state index contributed by atoms with van der Waals surface area (Å²) in [5.41, 5.74) is 1.57. The van der Waals surface area contributed by atoms with Crippen LogP contribution in [-0.4, -0.2) is 20.9 Å². The first kappa shape index (κ1) is 16.4. The molecule has 0 aliphatic rings. The van der Waals surface area contributed by atoms with Crippen LogP contribution >= 0.6 is 22.9 Å². The Balaban J connectivity index is 1.53. The van der Waals surface area contributed by atoms with Crippen LogP contribution in [0, 0.1) is 0 Å². The van der Waals surface area contributed by atoms with E-state index in [9.17, 15) is 4.79 Å². The Morgan fingerprint density at radius 2 is 1.96 bits per heavy atom. The van der Waals surface area contributed by atoms with Gasteiger partial charge < -0.3 is 10.6 Å². The van der Waals surface area contributed by atoms with Crippen LogP contribution in [0.3, 0.4) is 0 Å². The zero-order valence-corrected chi connectivity index (χ0v) is 14.1. The molecule has 0 saturated carbocycles. The first-order valence-electron chi connectivity index (χ1n) is 7.19. The van der Waals surface area contributed by atoms with E-state index in [1.54, 1.807) is 24.5 Å². The summed E-state index contributed by atoms with van der Waals surface area (Å²) in [6.07, 6.45) is 3.50. The van der Waals surface area contributed by atoms with E-state index >= 15 is 0 Å². The van der Waals surface area contributed by atoms with E-state index in [2.05, 4.69) is 25.6 Å². The van der Waals surface area contributed by atoms with E-state index in [0.717, 1.165) is 5.56 Å². The van der Waals surface area contributed by atoms with Crippen molar-refractivity contribution >= 4 is 39.9 Å². The van der Waals surface area contributed by atoms with Gasteiger partial charge in [-0.2, -0.15) is 0 Å². The van der Waals surface area contributed by atoms with Crippen molar-refractivity contribution in [2.75, 3.05) is 5.32 Å². The molecular formula is C16H14ClN5OS. The van der Waals surface area contributed by atoms with Crippen molar-refractivity contribution in [3.8, 4) is 0 Å². The molecular weight excluding hydrogens is 346 g/mol. The number of carbonyl (C=O) groups is 1. The Morgan fingerprint density at radius 1 is 1.17 bits per heavy atom. The summed E-state index contributed by atoms with van der Waals surface area (Å²) in [7, 11) is 0. The molecule has 1 aromatic carbocycles. The highest BCUT2D eigenvalue weighted by Crippen LogP contribution is 2.19. The Kier molecular flexibility index (Phi) is 5.35. The lowest BCUT2D eigenvalue weighted by molar-refractivity contribution is -0.120. The van der Waals surface area contributed by atoms with E-state index < -0.39 is 0 Å². The summed E-state index contributed by atoms with van der Waals surface area (Å²) < 4.78 is 0. The maximum Gasteiger partial charge on any atom is 0.228 e. The normalized spacial score (nSPS) is 10.4. The van der Waals surface area contributed by atoms with Gasteiger partial charge in [-0.1, -0.05) is 29.8 Å². The van der Waals surface area contributed by atoms with Crippen molar-refractivity contribution in [3.63, 3.8) is 0 Å². The highest BCUT2D eigenvalue weighted by atomic mass is 35.5. The van der Waals surface area contributed by atoms with Crippen molar-refractivity contribution in [1.29, 1.82) is 0 Å². The molecule has 0 aliphatic carbocycles. The molecule has 2 aromatic heterocycles. The lowest BCUT2D eigenvalue weighted by Crippen LogP contribution is -2.24. The zero-order chi connectivity index (χ0) is 16.8. The van der Waals surface area contributed by atoms with Crippen molar-refractivity contribution in [2.24, 2.45) is 0 Å². The number of amides is 1.